The van der Waals surface area contributed by atoms with Crippen LogP contribution in [0.4, 0.5) is 5.69 Å². The lowest BCUT2D eigenvalue weighted by Crippen LogP contribution is -2.20. The summed E-state index contributed by atoms with van der Waals surface area (Å²) in [7, 11) is 0. The highest BCUT2D eigenvalue weighted by Crippen LogP contribution is 2.29. The molecule has 1 amide bonds. The second-order valence-corrected chi connectivity index (χ2v) is 8.09. The van der Waals surface area contributed by atoms with Gasteiger partial charge >= 0.3 is 0 Å². The maximum Gasteiger partial charge on any atom is 0.234 e. The Labute approximate surface area is 153 Å². The third kappa shape index (κ3) is 4.02. The third-order valence-electron chi connectivity index (χ3n) is 4.05. The van der Waals surface area contributed by atoms with Crippen molar-refractivity contribution in [1.82, 2.24) is 14.8 Å². The molecular formula is C17H18N4O2S2. The topological polar surface area (TPSA) is 69.0 Å². The number of thiazole rings is 1. The molecule has 0 spiro atoms. The number of anilines is 1. The number of para-hydroxylation sites is 1. The average molecular weight is 374 g/mol. The number of rotatable bonds is 5. The molecule has 0 saturated carbocycles. The molecule has 1 fully saturated rings. The maximum absolute atomic E-state index is 12.2. The van der Waals surface area contributed by atoms with Crippen LogP contribution in [-0.4, -0.2) is 39.6 Å². The van der Waals surface area contributed by atoms with Crippen molar-refractivity contribution in [1.29, 1.82) is 0 Å². The summed E-state index contributed by atoms with van der Waals surface area (Å²) in [6.07, 6.45) is 5.52. The molecule has 3 aromatic rings. The molecule has 6 nitrogen and oxygen atoms in total. The van der Waals surface area contributed by atoms with Crippen LogP contribution in [0.25, 0.3) is 10.2 Å². The second-order valence-electron chi connectivity index (χ2n) is 5.84. The monoisotopic (exact) mass is 374 g/mol. The van der Waals surface area contributed by atoms with Gasteiger partial charge in [0.2, 0.25) is 5.91 Å². The standard InChI is InChI=1S/C17H18N4O2S2/c22-16(11-24-17-20-14-3-1-2-4-15(14)25-17)19-12-9-18-21(10-12)13-5-7-23-8-6-13/h1-4,9-10,13H,5-8,11H2,(H,19,22). The largest absolute Gasteiger partial charge is 0.381 e. The first-order chi connectivity index (χ1) is 12.3. The van der Waals surface area contributed by atoms with Gasteiger partial charge in [-0.2, -0.15) is 5.10 Å². The number of thioether (sulfide) groups is 1. The molecule has 0 unspecified atom stereocenters. The fourth-order valence-corrected chi connectivity index (χ4v) is 4.66. The van der Waals surface area contributed by atoms with E-state index in [0.717, 1.165) is 46.3 Å². The summed E-state index contributed by atoms with van der Waals surface area (Å²) in [6.45, 7) is 1.54. The van der Waals surface area contributed by atoms with Crippen LogP contribution in [0.2, 0.25) is 0 Å². The van der Waals surface area contributed by atoms with E-state index in [1.54, 1.807) is 17.5 Å². The van der Waals surface area contributed by atoms with E-state index >= 15 is 0 Å². The highest BCUT2D eigenvalue weighted by molar-refractivity contribution is 8.01. The molecule has 4 rings (SSSR count). The summed E-state index contributed by atoms with van der Waals surface area (Å²) < 4.78 is 9.35. The normalized spacial score (nSPS) is 15.5. The summed E-state index contributed by atoms with van der Waals surface area (Å²) >= 11 is 3.07. The van der Waals surface area contributed by atoms with Crippen LogP contribution in [0.3, 0.4) is 0 Å². The smallest absolute Gasteiger partial charge is 0.234 e. The van der Waals surface area contributed by atoms with Crippen LogP contribution in [0, 0.1) is 0 Å². The minimum atomic E-state index is -0.0456. The highest BCUT2D eigenvalue weighted by Gasteiger charge is 2.17. The van der Waals surface area contributed by atoms with Crippen molar-refractivity contribution in [3.63, 3.8) is 0 Å². The number of fused-ring (bicyclic) bond motifs is 1. The zero-order chi connectivity index (χ0) is 17.1. The van der Waals surface area contributed by atoms with Gasteiger partial charge in [-0.25, -0.2) is 4.98 Å². The fraction of sp³-hybridized carbons (Fsp3) is 0.353. The van der Waals surface area contributed by atoms with Crippen molar-refractivity contribution in [2.45, 2.75) is 23.2 Å². The first-order valence-electron chi connectivity index (χ1n) is 8.18. The minimum Gasteiger partial charge on any atom is -0.381 e. The van der Waals surface area contributed by atoms with Crippen LogP contribution in [0.1, 0.15) is 18.9 Å². The SMILES string of the molecule is O=C(CSc1nc2ccccc2s1)Nc1cnn(C2CCOCC2)c1. The van der Waals surface area contributed by atoms with E-state index < -0.39 is 0 Å². The molecule has 0 bridgehead atoms. The van der Waals surface area contributed by atoms with E-state index in [1.807, 2.05) is 35.1 Å². The van der Waals surface area contributed by atoms with Crippen LogP contribution >= 0.6 is 23.1 Å². The predicted molar refractivity (Wildman–Crippen MR) is 100 cm³/mol. The molecular weight excluding hydrogens is 356 g/mol. The Bertz CT molecular complexity index is 837. The number of aromatic nitrogens is 3. The van der Waals surface area contributed by atoms with Crippen LogP contribution in [0.15, 0.2) is 41.0 Å². The van der Waals surface area contributed by atoms with Gasteiger partial charge in [-0.1, -0.05) is 23.9 Å². The molecule has 0 atom stereocenters. The lowest BCUT2D eigenvalue weighted by atomic mass is 10.1. The molecule has 130 valence electrons. The lowest BCUT2D eigenvalue weighted by molar-refractivity contribution is -0.113. The van der Waals surface area contributed by atoms with Gasteiger partial charge in [-0.3, -0.25) is 9.48 Å². The molecule has 25 heavy (non-hydrogen) atoms. The van der Waals surface area contributed by atoms with Crippen molar-refractivity contribution in [2.24, 2.45) is 0 Å². The van der Waals surface area contributed by atoms with Gasteiger partial charge in [0.25, 0.3) is 0 Å². The molecule has 1 aliphatic rings. The van der Waals surface area contributed by atoms with Crippen molar-refractivity contribution < 1.29 is 9.53 Å². The quantitative estimate of drug-likeness (QED) is 0.692. The Hall–Kier alpha value is -1.90. The highest BCUT2D eigenvalue weighted by atomic mass is 32.2. The van der Waals surface area contributed by atoms with Crippen LogP contribution < -0.4 is 5.32 Å². The summed E-state index contributed by atoms with van der Waals surface area (Å²) in [5.41, 5.74) is 1.72. The number of carbonyl (C=O) groups excluding carboxylic acids is 1. The average Bonchev–Trinajstić information content (AvgIpc) is 3.27. The summed E-state index contributed by atoms with van der Waals surface area (Å²) in [6, 6.07) is 8.36. The summed E-state index contributed by atoms with van der Waals surface area (Å²) in [5.74, 6) is 0.290. The Kier molecular flexibility index (Phi) is 5.00. The van der Waals surface area contributed by atoms with Crippen molar-refractivity contribution in [3.05, 3.63) is 36.7 Å². The summed E-state index contributed by atoms with van der Waals surface area (Å²) in [4.78, 5) is 16.7. The number of nitrogens with zero attached hydrogens (tertiary/aromatic N) is 3. The minimum absolute atomic E-state index is 0.0456. The second kappa shape index (κ2) is 7.55. The number of ether oxygens (including phenoxy) is 1. The van der Waals surface area contributed by atoms with Gasteiger partial charge in [0.15, 0.2) is 4.34 Å². The maximum atomic E-state index is 12.2. The number of hydrogen-bond acceptors (Lipinski definition) is 6. The zero-order valence-electron chi connectivity index (χ0n) is 13.6. The third-order valence-corrected chi connectivity index (χ3v) is 6.23. The van der Waals surface area contributed by atoms with Gasteiger partial charge in [0, 0.05) is 19.4 Å². The van der Waals surface area contributed by atoms with E-state index in [0.29, 0.717) is 11.8 Å². The number of hydrogen-bond donors (Lipinski definition) is 1. The lowest BCUT2D eigenvalue weighted by Gasteiger charge is -2.22. The van der Waals surface area contributed by atoms with Gasteiger partial charge < -0.3 is 10.1 Å². The molecule has 8 heteroatoms. The molecule has 1 saturated heterocycles. The number of nitrogens with one attached hydrogen (secondary N) is 1. The number of benzene rings is 1. The predicted octanol–water partition coefficient (Wildman–Crippen LogP) is 3.58. The molecule has 1 aromatic carbocycles. The Morgan fingerprint density at radius 3 is 3.04 bits per heavy atom. The molecule has 0 radical (unpaired) electrons. The molecule has 1 N–H and O–H groups in total. The molecule has 3 heterocycles. The molecule has 2 aromatic heterocycles. The first-order valence-corrected chi connectivity index (χ1v) is 9.98. The van der Waals surface area contributed by atoms with E-state index in [9.17, 15) is 4.79 Å². The van der Waals surface area contributed by atoms with E-state index in [4.69, 9.17) is 4.74 Å². The van der Waals surface area contributed by atoms with Crippen molar-refractivity contribution in [3.8, 4) is 0 Å². The fourth-order valence-electron chi connectivity index (χ4n) is 2.79. The van der Waals surface area contributed by atoms with Crippen molar-refractivity contribution in [2.75, 3.05) is 24.3 Å². The van der Waals surface area contributed by atoms with Gasteiger partial charge in [0.05, 0.1) is 33.9 Å². The zero-order valence-corrected chi connectivity index (χ0v) is 15.2. The van der Waals surface area contributed by atoms with Crippen molar-refractivity contribution >= 4 is 44.9 Å². The molecule has 1 aliphatic heterocycles. The first kappa shape index (κ1) is 16.6. The number of amides is 1. The Morgan fingerprint density at radius 2 is 2.20 bits per heavy atom. The van der Waals surface area contributed by atoms with Gasteiger partial charge in [0.1, 0.15) is 0 Å². The van der Waals surface area contributed by atoms with E-state index in [1.165, 1.54) is 11.8 Å². The van der Waals surface area contributed by atoms with Crippen LogP contribution in [0.5, 0.6) is 0 Å². The van der Waals surface area contributed by atoms with Gasteiger partial charge in [-0.15, -0.1) is 11.3 Å². The Morgan fingerprint density at radius 1 is 1.36 bits per heavy atom. The van der Waals surface area contributed by atoms with Gasteiger partial charge in [-0.05, 0) is 25.0 Å². The van der Waals surface area contributed by atoms with Crippen LogP contribution in [-0.2, 0) is 9.53 Å². The van der Waals surface area contributed by atoms with E-state index in [2.05, 4.69) is 15.4 Å². The Balaban J connectivity index is 1.32. The summed E-state index contributed by atoms with van der Waals surface area (Å²) in [5, 5.41) is 7.28. The molecule has 0 aliphatic carbocycles. The number of carbonyl (C=O) groups is 1. The van der Waals surface area contributed by atoms with E-state index in [-0.39, 0.29) is 5.91 Å².